The summed E-state index contributed by atoms with van der Waals surface area (Å²) in [7, 11) is 0. The Labute approximate surface area is 174 Å². The fraction of sp³-hybridized carbons (Fsp3) is 0. The molecule has 0 atom stereocenters. The van der Waals surface area contributed by atoms with Gasteiger partial charge in [0, 0.05) is 31.8 Å². The molecule has 3 nitrogen and oxygen atoms in total. The first-order chi connectivity index (χ1) is 13.0. The topological polar surface area (TPSA) is 46.2 Å². The van der Waals surface area contributed by atoms with Gasteiger partial charge in [-0.1, -0.05) is 50.1 Å². The molecule has 1 N–H and O–H groups in total. The molecule has 0 radical (unpaired) electrons. The molecule has 0 spiro atoms. The molecule has 27 heavy (non-hydrogen) atoms. The van der Waals surface area contributed by atoms with Crippen molar-refractivity contribution in [2.45, 2.75) is 0 Å². The van der Waals surface area contributed by atoms with Crippen molar-refractivity contribution in [3.63, 3.8) is 0 Å². The second kappa shape index (κ2) is 8.93. The van der Waals surface area contributed by atoms with E-state index in [1.807, 2.05) is 30.3 Å². The molecular formula is C22H15Br2NO2. The Morgan fingerprint density at radius 3 is 1.78 bits per heavy atom. The smallest absolute Gasteiger partial charge is 0.209 e. The average molecular weight is 485 g/mol. The molecule has 0 aliphatic heterocycles. The maximum absolute atomic E-state index is 13.0. The lowest BCUT2D eigenvalue weighted by Crippen LogP contribution is -2.14. The Hall–Kier alpha value is -2.50. The quantitative estimate of drug-likeness (QED) is 0.331. The van der Waals surface area contributed by atoms with Gasteiger partial charge in [0.1, 0.15) is 0 Å². The van der Waals surface area contributed by atoms with Crippen LogP contribution in [0.4, 0.5) is 5.69 Å². The molecule has 5 heteroatoms. The summed E-state index contributed by atoms with van der Waals surface area (Å²) < 4.78 is 1.77. The largest absolute Gasteiger partial charge is 0.352 e. The van der Waals surface area contributed by atoms with Gasteiger partial charge in [0.05, 0.1) is 5.70 Å². The third kappa shape index (κ3) is 5.25. The minimum Gasteiger partial charge on any atom is -0.352 e. The maximum Gasteiger partial charge on any atom is 0.209 e. The van der Waals surface area contributed by atoms with Crippen molar-refractivity contribution in [2.24, 2.45) is 0 Å². The van der Waals surface area contributed by atoms with E-state index in [2.05, 4.69) is 37.2 Å². The van der Waals surface area contributed by atoms with Gasteiger partial charge < -0.3 is 5.32 Å². The van der Waals surface area contributed by atoms with Gasteiger partial charge in [-0.3, -0.25) is 9.59 Å². The van der Waals surface area contributed by atoms with Crippen molar-refractivity contribution in [3.8, 4) is 0 Å². The van der Waals surface area contributed by atoms with Crippen LogP contribution in [0.25, 0.3) is 0 Å². The molecule has 0 amide bonds. The Bertz CT molecular complexity index is 979. The second-order valence-electron chi connectivity index (χ2n) is 5.76. The van der Waals surface area contributed by atoms with E-state index in [0.717, 1.165) is 14.6 Å². The summed E-state index contributed by atoms with van der Waals surface area (Å²) in [6.07, 6.45) is 1.35. The highest BCUT2D eigenvalue weighted by Crippen LogP contribution is 2.18. The highest BCUT2D eigenvalue weighted by Gasteiger charge is 2.15. The second-order valence-corrected chi connectivity index (χ2v) is 7.59. The van der Waals surface area contributed by atoms with Crippen molar-refractivity contribution in [2.75, 3.05) is 5.32 Å². The van der Waals surface area contributed by atoms with E-state index in [1.165, 1.54) is 6.08 Å². The number of carbonyl (C=O) groups excluding carboxylic acids is 2. The number of ketones is 2. The number of hydrogen-bond donors (Lipinski definition) is 1. The molecule has 3 rings (SSSR count). The summed E-state index contributed by atoms with van der Waals surface area (Å²) in [4.78, 5) is 25.6. The van der Waals surface area contributed by atoms with Gasteiger partial charge in [0.15, 0.2) is 5.78 Å². The minimum absolute atomic E-state index is 0.219. The zero-order valence-electron chi connectivity index (χ0n) is 14.2. The van der Waals surface area contributed by atoms with E-state index in [1.54, 1.807) is 48.5 Å². The number of hydrogen-bond acceptors (Lipinski definition) is 3. The van der Waals surface area contributed by atoms with E-state index in [4.69, 9.17) is 0 Å². The lowest BCUT2D eigenvalue weighted by molar-refractivity contribution is 0.101. The number of anilines is 1. The van der Waals surface area contributed by atoms with Crippen molar-refractivity contribution in [3.05, 3.63) is 111 Å². The van der Waals surface area contributed by atoms with Crippen LogP contribution in [0.1, 0.15) is 20.7 Å². The van der Waals surface area contributed by atoms with Gasteiger partial charge in [0.2, 0.25) is 5.78 Å². The van der Waals surface area contributed by atoms with Crippen molar-refractivity contribution >= 4 is 49.1 Å². The number of halogens is 2. The molecular weight excluding hydrogens is 470 g/mol. The molecule has 134 valence electrons. The third-order valence-corrected chi connectivity index (χ3v) is 4.87. The summed E-state index contributed by atoms with van der Waals surface area (Å²) in [6.45, 7) is 0. The summed E-state index contributed by atoms with van der Waals surface area (Å²) in [5.41, 5.74) is 1.96. The van der Waals surface area contributed by atoms with Crippen LogP contribution < -0.4 is 5.32 Å². The highest BCUT2D eigenvalue weighted by atomic mass is 79.9. The van der Waals surface area contributed by atoms with Crippen LogP contribution in [0.3, 0.4) is 0 Å². The Kier molecular flexibility index (Phi) is 6.37. The van der Waals surface area contributed by atoms with Gasteiger partial charge in [-0.25, -0.2) is 0 Å². The number of carbonyl (C=O) groups is 2. The molecule has 3 aromatic rings. The summed E-state index contributed by atoms with van der Waals surface area (Å²) in [5, 5.41) is 3.07. The minimum atomic E-state index is -0.253. The van der Waals surface area contributed by atoms with Crippen molar-refractivity contribution in [1.29, 1.82) is 0 Å². The van der Waals surface area contributed by atoms with Crippen LogP contribution in [0.5, 0.6) is 0 Å². The fourth-order valence-electron chi connectivity index (χ4n) is 2.42. The van der Waals surface area contributed by atoms with Gasteiger partial charge in [0.25, 0.3) is 0 Å². The molecule has 0 unspecified atom stereocenters. The summed E-state index contributed by atoms with van der Waals surface area (Å²) in [6, 6.07) is 23.3. The third-order valence-electron chi connectivity index (χ3n) is 3.81. The van der Waals surface area contributed by atoms with Crippen molar-refractivity contribution in [1.82, 2.24) is 0 Å². The van der Waals surface area contributed by atoms with Crippen LogP contribution in [0, 0.1) is 0 Å². The first kappa shape index (κ1) is 19.3. The van der Waals surface area contributed by atoms with E-state index >= 15 is 0 Å². The normalized spacial score (nSPS) is 11.1. The first-order valence-electron chi connectivity index (χ1n) is 8.17. The lowest BCUT2D eigenvalue weighted by atomic mass is 10.0. The van der Waals surface area contributed by atoms with Gasteiger partial charge in [-0.05, 0) is 60.7 Å². The van der Waals surface area contributed by atoms with Crippen LogP contribution in [0.15, 0.2) is 99.6 Å². The van der Waals surface area contributed by atoms with Gasteiger partial charge >= 0.3 is 0 Å². The lowest BCUT2D eigenvalue weighted by Gasteiger charge is -2.11. The van der Waals surface area contributed by atoms with E-state index in [9.17, 15) is 9.59 Å². The summed E-state index contributed by atoms with van der Waals surface area (Å²) >= 11 is 6.71. The van der Waals surface area contributed by atoms with Gasteiger partial charge in [-0.15, -0.1) is 0 Å². The molecule has 0 saturated carbocycles. The molecule has 0 aliphatic carbocycles. The maximum atomic E-state index is 13.0. The van der Waals surface area contributed by atoms with E-state index < -0.39 is 0 Å². The molecule has 0 saturated heterocycles. The monoisotopic (exact) mass is 483 g/mol. The predicted molar refractivity (Wildman–Crippen MR) is 115 cm³/mol. The molecule has 0 heterocycles. The number of rotatable bonds is 6. The Balaban J connectivity index is 1.95. The van der Waals surface area contributed by atoms with Crippen LogP contribution in [0.2, 0.25) is 0 Å². The highest BCUT2D eigenvalue weighted by molar-refractivity contribution is 9.10. The Morgan fingerprint density at radius 2 is 1.22 bits per heavy atom. The molecule has 0 aliphatic rings. The van der Waals surface area contributed by atoms with Crippen LogP contribution in [-0.2, 0) is 0 Å². The van der Waals surface area contributed by atoms with Crippen LogP contribution >= 0.6 is 31.9 Å². The van der Waals surface area contributed by atoms with Gasteiger partial charge in [-0.2, -0.15) is 0 Å². The zero-order valence-corrected chi connectivity index (χ0v) is 17.3. The van der Waals surface area contributed by atoms with Crippen molar-refractivity contribution < 1.29 is 9.59 Å². The zero-order chi connectivity index (χ0) is 19.2. The SMILES string of the molecule is O=C(/C=C(\Nc1ccccc1)C(=O)c1ccc(Br)cc1)c1ccc(Br)cc1. The van der Waals surface area contributed by atoms with E-state index in [0.29, 0.717) is 11.1 Å². The Morgan fingerprint density at radius 1 is 0.704 bits per heavy atom. The fourth-order valence-corrected chi connectivity index (χ4v) is 2.95. The summed E-state index contributed by atoms with van der Waals surface area (Å²) in [5.74, 6) is -0.497. The van der Waals surface area contributed by atoms with E-state index in [-0.39, 0.29) is 17.3 Å². The number of nitrogens with one attached hydrogen (secondary N) is 1. The number of Topliss-reactive ketones (excluding diaryl/α,β-unsaturated/α-hetero) is 1. The average Bonchev–Trinajstić information content (AvgIpc) is 2.69. The van der Waals surface area contributed by atoms with Crippen LogP contribution in [-0.4, -0.2) is 11.6 Å². The number of benzene rings is 3. The standard InChI is InChI=1S/C22H15Br2NO2/c23-17-10-6-15(7-11-17)21(26)14-20(25-19-4-2-1-3-5-19)22(27)16-8-12-18(24)13-9-16/h1-14,25H/b20-14-. The molecule has 0 bridgehead atoms. The number of para-hydroxylation sites is 1. The number of allylic oxidation sites excluding steroid dienone is 2. The molecule has 3 aromatic carbocycles. The predicted octanol–water partition coefficient (Wildman–Crippen LogP) is 6.27. The molecule has 0 fully saturated rings. The first-order valence-corrected chi connectivity index (χ1v) is 9.75. The molecule has 0 aromatic heterocycles.